The van der Waals surface area contributed by atoms with Crippen molar-refractivity contribution in [3.8, 4) is 0 Å². The Morgan fingerprint density at radius 1 is 1.43 bits per heavy atom. The van der Waals surface area contributed by atoms with Crippen molar-refractivity contribution in [3.63, 3.8) is 0 Å². The van der Waals surface area contributed by atoms with Crippen molar-refractivity contribution in [2.45, 2.75) is 26.8 Å². The Morgan fingerprint density at radius 2 is 2.14 bits per heavy atom. The molecule has 1 rings (SSSR count). The summed E-state index contributed by atoms with van der Waals surface area (Å²) in [7, 11) is 0. The number of hydrogen-bond acceptors (Lipinski definition) is 2. The zero-order valence-electron chi connectivity index (χ0n) is 8.92. The van der Waals surface area contributed by atoms with E-state index in [-0.39, 0.29) is 0 Å². The van der Waals surface area contributed by atoms with Gasteiger partial charge in [-0.05, 0) is 40.5 Å². The maximum atomic E-state index is 4.41. The van der Waals surface area contributed by atoms with Gasteiger partial charge in [-0.15, -0.1) is 0 Å². The molecule has 0 radical (unpaired) electrons. The van der Waals surface area contributed by atoms with Gasteiger partial charge < -0.3 is 5.32 Å². The number of nitrogens with zero attached hydrogens (tertiary/aromatic N) is 1. The Labute approximate surface area is 94.3 Å². The Hall–Kier alpha value is -0.410. The van der Waals surface area contributed by atoms with Crippen LogP contribution >= 0.6 is 15.9 Å². The molecular formula is C11H17BrN2. The maximum absolute atomic E-state index is 4.41. The minimum absolute atomic E-state index is 0.355. The first-order valence-corrected chi connectivity index (χ1v) is 5.79. The molecule has 3 heteroatoms. The summed E-state index contributed by atoms with van der Waals surface area (Å²) in [5, 5.41) is 3.44. The van der Waals surface area contributed by atoms with Gasteiger partial charge in [-0.2, -0.15) is 0 Å². The molecule has 0 aliphatic carbocycles. The Kier molecular flexibility index (Phi) is 4.55. The predicted molar refractivity (Wildman–Crippen MR) is 63.2 cm³/mol. The van der Waals surface area contributed by atoms with Gasteiger partial charge in [0, 0.05) is 10.7 Å². The van der Waals surface area contributed by atoms with Crippen molar-refractivity contribution < 1.29 is 0 Å². The summed E-state index contributed by atoms with van der Waals surface area (Å²) < 4.78 is 1.03. The molecule has 2 nitrogen and oxygen atoms in total. The largest absolute Gasteiger partial charge is 0.309 e. The molecule has 0 bridgehead atoms. The minimum Gasteiger partial charge on any atom is -0.309 e. The lowest BCUT2D eigenvalue weighted by atomic mass is 10.0. The second-order valence-corrected chi connectivity index (χ2v) is 4.60. The molecule has 78 valence electrons. The van der Waals surface area contributed by atoms with Gasteiger partial charge in [-0.25, -0.2) is 0 Å². The lowest BCUT2D eigenvalue weighted by Crippen LogP contribution is -2.26. The summed E-state index contributed by atoms with van der Waals surface area (Å²) >= 11 is 3.39. The topological polar surface area (TPSA) is 24.9 Å². The van der Waals surface area contributed by atoms with Crippen LogP contribution in [0.25, 0.3) is 0 Å². The van der Waals surface area contributed by atoms with Crippen molar-refractivity contribution in [3.05, 3.63) is 28.5 Å². The van der Waals surface area contributed by atoms with Crippen molar-refractivity contribution in [1.82, 2.24) is 10.3 Å². The molecule has 0 aromatic carbocycles. The smallest absolute Gasteiger partial charge is 0.0576 e. The van der Waals surface area contributed by atoms with Gasteiger partial charge in [-0.1, -0.05) is 20.8 Å². The average molecular weight is 257 g/mol. The van der Waals surface area contributed by atoms with Crippen LogP contribution in [-0.4, -0.2) is 11.5 Å². The molecule has 0 aliphatic rings. The van der Waals surface area contributed by atoms with E-state index in [4.69, 9.17) is 0 Å². The molecule has 0 amide bonds. The van der Waals surface area contributed by atoms with E-state index in [1.165, 1.54) is 0 Å². The molecule has 1 heterocycles. The summed E-state index contributed by atoms with van der Waals surface area (Å²) in [4.78, 5) is 4.41. The van der Waals surface area contributed by atoms with E-state index in [0.29, 0.717) is 12.0 Å². The van der Waals surface area contributed by atoms with Crippen molar-refractivity contribution >= 4 is 15.9 Å². The van der Waals surface area contributed by atoms with Crippen LogP contribution in [0.2, 0.25) is 0 Å². The first kappa shape index (κ1) is 11.7. The normalized spacial score (nSPS) is 13.2. The lowest BCUT2D eigenvalue weighted by Gasteiger charge is -2.21. The zero-order chi connectivity index (χ0) is 10.6. The second kappa shape index (κ2) is 5.47. The van der Waals surface area contributed by atoms with Crippen LogP contribution in [0, 0.1) is 5.92 Å². The third-order valence-corrected chi connectivity index (χ3v) is 2.63. The fourth-order valence-electron chi connectivity index (χ4n) is 1.47. The van der Waals surface area contributed by atoms with Gasteiger partial charge in [0.2, 0.25) is 0 Å². The highest BCUT2D eigenvalue weighted by atomic mass is 79.9. The number of hydrogen-bond donors (Lipinski definition) is 1. The summed E-state index contributed by atoms with van der Waals surface area (Å²) in [5.74, 6) is 0.559. The van der Waals surface area contributed by atoms with Gasteiger partial charge >= 0.3 is 0 Å². The molecule has 0 fully saturated rings. The highest BCUT2D eigenvalue weighted by Crippen LogP contribution is 2.20. The second-order valence-electron chi connectivity index (χ2n) is 3.68. The van der Waals surface area contributed by atoms with Gasteiger partial charge in [-0.3, -0.25) is 4.98 Å². The summed E-state index contributed by atoms with van der Waals surface area (Å²) in [6, 6.07) is 4.46. The zero-order valence-corrected chi connectivity index (χ0v) is 10.5. The number of rotatable bonds is 4. The van der Waals surface area contributed by atoms with Gasteiger partial charge in [0.25, 0.3) is 0 Å². The number of halogens is 1. The Morgan fingerprint density at radius 3 is 2.57 bits per heavy atom. The SMILES string of the molecule is CCNC(c1ccc(Br)cn1)C(C)C. The number of nitrogens with one attached hydrogen (secondary N) is 1. The third-order valence-electron chi connectivity index (χ3n) is 2.16. The van der Waals surface area contributed by atoms with Crippen LogP contribution in [0.15, 0.2) is 22.8 Å². The Balaban J connectivity index is 2.82. The first-order valence-electron chi connectivity index (χ1n) is 5.00. The lowest BCUT2D eigenvalue weighted by molar-refractivity contribution is 0.413. The third kappa shape index (κ3) is 3.07. The van der Waals surface area contributed by atoms with Crippen LogP contribution < -0.4 is 5.32 Å². The van der Waals surface area contributed by atoms with Gasteiger partial charge in [0.1, 0.15) is 0 Å². The molecular weight excluding hydrogens is 240 g/mol. The summed E-state index contributed by atoms with van der Waals surface area (Å²) in [6.45, 7) is 7.50. The van der Waals surface area contributed by atoms with Crippen molar-refractivity contribution in [1.29, 1.82) is 0 Å². The Bertz CT molecular complexity index is 269. The van der Waals surface area contributed by atoms with E-state index in [2.05, 4.69) is 53.1 Å². The minimum atomic E-state index is 0.355. The molecule has 0 aliphatic heterocycles. The van der Waals surface area contributed by atoms with Crippen molar-refractivity contribution in [2.75, 3.05) is 6.54 Å². The van der Waals surface area contributed by atoms with Crippen LogP contribution in [0.4, 0.5) is 0 Å². The first-order chi connectivity index (χ1) is 6.65. The van der Waals surface area contributed by atoms with E-state index >= 15 is 0 Å². The molecule has 1 atom stereocenters. The van der Waals surface area contributed by atoms with Crippen LogP contribution in [0.5, 0.6) is 0 Å². The van der Waals surface area contributed by atoms with Crippen LogP contribution in [0.3, 0.4) is 0 Å². The molecule has 0 saturated carbocycles. The maximum Gasteiger partial charge on any atom is 0.0576 e. The molecule has 0 spiro atoms. The van der Waals surface area contributed by atoms with E-state index in [1.807, 2.05) is 12.3 Å². The number of pyridine rings is 1. The fourth-order valence-corrected chi connectivity index (χ4v) is 1.71. The quantitative estimate of drug-likeness (QED) is 0.896. The van der Waals surface area contributed by atoms with Crippen LogP contribution in [0.1, 0.15) is 32.5 Å². The van der Waals surface area contributed by atoms with Gasteiger partial charge in [0.05, 0.1) is 11.7 Å². The standard InChI is InChI=1S/C11H17BrN2/c1-4-13-11(8(2)3)10-6-5-9(12)7-14-10/h5-8,11,13H,4H2,1-3H3. The van der Waals surface area contributed by atoms with Crippen LogP contribution in [-0.2, 0) is 0 Å². The van der Waals surface area contributed by atoms with E-state index in [0.717, 1.165) is 16.7 Å². The van der Waals surface area contributed by atoms with E-state index < -0.39 is 0 Å². The molecule has 1 N–H and O–H groups in total. The van der Waals surface area contributed by atoms with E-state index in [1.54, 1.807) is 0 Å². The fraction of sp³-hybridized carbons (Fsp3) is 0.545. The molecule has 1 aromatic rings. The predicted octanol–water partition coefficient (Wildman–Crippen LogP) is 3.15. The van der Waals surface area contributed by atoms with Gasteiger partial charge in [0.15, 0.2) is 0 Å². The monoisotopic (exact) mass is 256 g/mol. The van der Waals surface area contributed by atoms with Crippen molar-refractivity contribution in [2.24, 2.45) is 5.92 Å². The molecule has 14 heavy (non-hydrogen) atoms. The average Bonchev–Trinajstić information content (AvgIpc) is 2.15. The highest BCUT2D eigenvalue weighted by Gasteiger charge is 2.15. The highest BCUT2D eigenvalue weighted by molar-refractivity contribution is 9.10. The molecule has 1 aromatic heterocycles. The molecule has 0 saturated heterocycles. The molecule has 1 unspecified atom stereocenters. The summed E-state index contributed by atoms with van der Waals surface area (Å²) in [5.41, 5.74) is 1.12. The van der Waals surface area contributed by atoms with E-state index in [9.17, 15) is 0 Å². The number of aromatic nitrogens is 1. The summed E-state index contributed by atoms with van der Waals surface area (Å²) in [6.07, 6.45) is 1.85.